The Hall–Kier alpha value is -3.85. The third-order valence-corrected chi connectivity index (χ3v) is 6.71. The summed E-state index contributed by atoms with van der Waals surface area (Å²) in [5.74, 6) is -5.40. The number of hydrogen-bond donors (Lipinski definition) is 4. The Morgan fingerprint density at radius 1 is 1.06 bits per heavy atom. The number of carbonyl (C=O) groups excluding carboxylic acids is 2. The summed E-state index contributed by atoms with van der Waals surface area (Å²) in [6, 6.07) is 5.27. The van der Waals surface area contributed by atoms with Gasteiger partial charge in [0.25, 0.3) is 5.91 Å². The molecule has 2 atom stereocenters. The minimum Gasteiger partial charge on any atom is -0.478 e. The van der Waals surface area contributed by atoms with Gasteiger partial charge in [0, 0.05) is 23.6 Å². The van der Waals surface area contributed by atoms with Crippen LogP contribution in [0.4, 0.5) is 18.9 Å². The van der Waals surface area contributed by atoms with Crippen molar-refractivity contribution >= 4 is 47.2 Å². The predicted octanol–water partition coefficient (Wildman–Crippen LogP) is 1.26. The minimum atomic E-state index is -5.08. The summed E-state index contributed by atoms with van der Waals surface area (Å²) in [6.07, 6.45) is -3.12. The van der Waals surface area contributed by atoms with Gasteiger partial charge in [-0.05, 0) is 42.3 Å². The molecule has 2 fully saturated rings. The van der Waals surface area contributed by atoms with E-state index in [9.17, 15) is 37.5 Å². The van der Waals surface area contributed by atoms with Crippen LogP contribution in [0.15, 0.2) is 47.2 Å². The van der Waals surface area contributed by atoms with Crippen molar-refractivity contribution in [1.82, 2.24) is 4.90 Å². The maximum atomic E-state index is 12.8. The Labute approximate surface area is 204 Å². The zero-order valence-corrected chi connectivity index (χ0v) is 18.9. The lowest BCUT2D eigenvalue weighted by Gasteiger charge is -2.47. The van der Waals surface area contributed by atoms with Crippen molar-refractivity contribution < 1.29 is 52.5 Å². The monoisotopic (exact) mass is 529 g/mol. The number of β-lactam (4-membered cyclic amide) rings is 1. The van der Waals surface area contributed by atoms with Gasteiger partial charge in [0.2, 0.25) is 5.91 Å². The van der Waals surface area contributed by atoms with Gasteiger partial charge in [-0.25, -0.2) is 14.4 Å². The maximum absolute atomic E-state index is 12.8. The zero-order chi connectivity index (χ0) is 26.9. The molecule has 2 saturated heterocycles. The van der Waals surface area contributed by atoms with E-state index >= 15 is 0 Å². The van der Waals surface area contributed by atoms with Crippen molar-refractivity contribution in [2.75, 3.05) is 17.2 Å². The Morgan fingerprint density at radius 3 is 2.14 bits per heavy atom. The van der Waals surface area contributed by atoms with E-state index in [4.69, 9.17) is 20.7 Å². The number of carboxylic acids is 3. The lowest BCUT2D eigenvalue weighted by molar-refractivity contribution is -0.192. The van der Waals surface area contributed by atoms with Crippen molar-refractivity contribution in [2.45, 2.75) is 24.0 Å². The smallest absolute Gasteiger partial charge is 0.478 e. The zero-order valence-electron chi connectivity index (χ0n) is 18.1. The van der Waals surface area contributed by atoms with Crippen LogP contribution in [0.2, 0.25) is 0 Å². The Morgan fingerprint density at radius 2 is 1.64 bits per heavy atom. The predicted molar refractivity (Wildman–Crippen MR) is 118 cm³/mol. The molecule has 0 saturated carbocycles. The first-order chi connectivity index (χ1) is 16.7. The molecule has 192 valence electrons. The van der Waals surface area contributed by atoms with E-state index in [0.717, 1.165) is 0 Å². The number of aliphatic carboxylic acids is 2. The number of thioether (sulfide) groups is 1. The van der Waals surface area contributed by atoms with Gasteiger partial charge >= 0.3 is 24.1 Å². The first-order valence-electron chi connectivity index (χ1n) is 10.1. The molecule has 3 aliphatic rings. The second kappa shape index (κ2) is 10.0. The fraction of sp³-hybridized carbons (Fsp3) is 0.286. The number of halogens is 3. The minimum absolute atomic E-state index is 0.120. The number of anilines is 1. The van der Waals surface area contributed by atoms with Crippen LogP contribution in [-0.4, -0.2) is 79.8 Å². The summed E-state index contributed by atoms with van der Waals surface area (Å²) < 4.78 is 31.7. The second-order valence-electron chi connectivity index (χ2n) is 7.65. The molecule has 5 N–H and O–H groups in total. The van der Waals surface area contributed by atoms with E-state index in [0.29, 0.717) is 35.6 Å². The molecule has 0 radical (unpaired) electrons. The van der Waals surface area contributed by atoms with Crippen LogP contribution in [-0.2, 0) is 19.2 Å². The molecule has 1 aromatic rings. The van der Waals surface area contributed by atoms with Crippen LogP contribution in [0, 0.1) is 0 Å². The van der Waals surface area contributed by atoms with Crippen molar-refractivity contribution in [3.63, 3.8) is 0 Å². The topological polar surface area (TPSA) is 179 Å². The molecule has 4 rings (SSSR count). The molecule has 0 unspecified atom stereocenters. The fourth-order valence-corrected chi connectivity index (χ4v) is 4.89. The number of nitrogens with zero attached hydrogens (tertiary/aromatic N) is 2. The average molecular weight is 529 g/mol. The Kier molecular flexibility index (Phi) is 7.45. The van der Waals surface area contributed by atoms with Gasteiger partial charge < -0.3 is 26.0 Å². The van der Waals surface area contributed by atoms with Crippen LogP contribution in [0.25, 0.3) is 0 Å². The number of fused-ring (bicyclic) bond motifs is 1. The van der Waals surface area contributed by atoms with Crippen LogP contribution in [0.3, 0.4) is 0 Å². The van der Waals surface area contributed by atoms with Gasteiger partial charge in [0.05, 0.1) is 5.56 Å². The number of aromatic carboxylic acids is 1. The lowest BCUT2D eigenvalue weighted by Crippen LogP contribution is -2.68. The molecule has 1 aromatic carbocycles. The number of amides is 2. The van der Waals surface area contributed by atoms with Gasteiger partial charge in [0.1, 0.15) is 17.1 Å². The molecule has 3 aliphatic heterocycles. The average Bonchev–Trinajstić information content (AvgIpc) is 3.17. The summed E-state index contributed by atoms with van der Waals surface area (Å²) in [5.41, 5.74) is 7.16. The van der Waals surface area contributed by atoms with E-state index in [1.807, 2.05) is 0 Å². The van der Waals surface area contributed by atoms with E-state index in [-0.39, 0.29) is 22.5 Å². The first-order valence-corrected chi connectivity index (χ1v) is 11.1. The van der Waals surface area contributed by atoms with Gasteiger partial charge in [0.15, 0.2) is 0 Å². The van der Waals surface area contributed by atoms with Crippen molar-refractivity contribution in [3.8, 4) is 0 Å². The summed E-state index contributed by atoms with van der Waals surface area (Å²) in [4.78, 5) is 59.2. The highest BCUT2D eigenvalue weighted by Crippen LogP contribution is 2.40. The number of rotatable bonds is 4. The summed E-state index contributed by atoms with van der Waals surface area (Å²) in [5, 5.41) is 25.3. The maximum Gasteiger partial charge on any atom is 0.490 e. The van der Waals surface area contributed by atoms with E-state index in [1.54, 1.807) is 18.2 Å². The van der Waals surface area contributed by atoms with Gasteiger partial charge in [-0.2, -0.15) is 13.2 Å². The molecule has 2 amide bonds. The highest BCUT2D eigenvalue weighted by Gasteiger charge is 2.51. The van der Waals surface area contributed by atoms with E-state index in [1.165, 1.54) is 33.7 Å². The van der Waals surface area contributed by atoms with Crippen LogP contribution in [0.5, 0.6) is 0 Å². The van der Waals surface area contributed by atoms with E-state index < -0.39 is 36.0 Å². The summed E-state index contributed by atoms with van der Waals surface area (Å²) in [7, 11) is 0. The number of carbonyl (C=O) groups is 5. The Bertz CT molecular complexity index is 1200. The number of alkyl halides is 3. The van der Waals surface area contributed by atoms with Crippen LogP contribution >= 0.6 is 11.8 Å². The largest absolute Gasteiger partial charge is 0.490 e. The molecule has 15 heteroatoms. The molecule has 11 nitrogen and oxygen atoms in total. The third-order valence-electron chi connectivity index (χ3n) is 5.38. The highest BCUT2D eigenvalue weighted by molar-refractivity contribution is 8.00. The molecule has 0 aromatic heterocycles. The SMILES string of the molecule is N[C@@H]1C(=O)N2C(C(=O)O)=C(C=C3CCN(c4ccc(C(=O)O)cc4)C3=O)CS[C@H]12.O=C(O)C(F)(F)F. The number of hydrogen-bond acceptors (Lipinski definition) is 7. The second-order valence-corrected chi connectivity index (χ2v) is 8.75. The molecular weight excluding hydrogens is 511 g/mol. The molecule has 0 aliphatic carbocycles. The fourth-order valence-electron chi connectivity index (χ4n) is 3.64. The van der Waals surface area contributed by atoms with Gasteiger partial charge in [-0.15, -0.1) is 11.8 Å². The lowest BCUT2D eigenvalue weighted by atomic mass is 10.0. The number of nitrogens with two attached hydrogens (primary N) is 1. The van der Waals surface area contributed by atoms with Crippen molar-refractivity contribution in [2.24, 2.45) is 5.73 Å². The molecule has 36 heavy (non-hydrogen) atoms. The van der Waals surface area contributed by atoms with E-state index in [2.05, 4.69) is 0 Å². The summed E-state index contributed by atoms with van der Waals surface area (Å²) in [6.45, 7) is 0.399. The number of carboxylic acid groups (broad SMARTS) is 3. The summed E-state index contributed by atoms with van der Waals surface area (Å²) >= 11 is 1.37. The number of allylic oxidation sites excluding steroid dienone is 1. The molecular formula is C21H18F3N3O8S. The normalized spacial score (nSPS) is 22.6. The first kappa shape index (κ1) is 26.7. The molecule has 0 bridgehead atoms. The molecule has 3 heterocycles. The quantitative estimate of drug-likeness (QED) is 0.328. The number of benzene rings is 1. The standard InChI is InChI=1S/C19H17N3O6S.C2HF3O2/c20-13-16(24)22-14(19(27)28)11(8-29-17(13)22)7-10-5-6-21(15(10)23)12-3-1-9(2-4-12)18(25)26;3-2(4,5)1(6)7/h1-4,7,13,17H,5-6,8,20H2,(H,25,26)(H,27,28);(H,6,7)/t13-,17-;/m1./s1. The highest BCUT2D eigenvalue weighted by atomic mass is 32.2. The Balaban J connectivity index is 0.000000454. The third kappa shape index (κ3) is 5.21. The van der Waals surface area contributed by atoms with Crippen LogP contribution < -0.4 is 10.6 Å². The van der Waals surface area contributed by atoms with Crippen molar-refractivity contribution in [1.29, 1.82) is 0 Å². The van der Waals surface area contributed by atoms with Crippen LogP contribution in [0.1, 0.15) is 16.8 Å². The van der Waals surface area contributed by atoms with Gasteiger partial charge in [-0.3, -0.25) is 14.5 Å². The molecule has 0 spiro atoms. The van der Waals surface area contributed by atoms with Gasteiger partial charge in [-0.1, -0.05) is 0 Å². The van der Waals surface area contributed by atoms with Crippen molar-refractivity contribution in [3.05, 3.63) is 52.7 Å².